The highest BCUT2D eigenvalue weighted by atomic mass is 32.1. The first-order valence-electron chi connectivity index (χ1n) is 5.24. The second kappa shape index (κ2) is 5.77. The Morgan fingerprint density at radius 2 is 2.35 bits per heavy atom. The van der Waals surface area contributed by atoms with Gasteiger partial charge in [-0.05, 0) is 20.8 Å². The van der Waals surface area contributed by atoms with Gasteiger partial charge < -0.3 is 14.8 Å². The van der Waals surface area contributed by atoms with E-state index in [9.17, 15) is 9.59 Å². The number of rotatable bonds is 4. The fraction of sp³-hybridized carbons (Fsp3) is 0.545. The van der Waals surface area contributed by atoms with Gasteiger partial charge in [0.2, 0.25) is 0 Å². The summed E-state index contributed by atoms with van der Waals surface area (Å²) >= 11 is 1.44. The first-order chi connectivity index (χ1) is 7.90. The number of aldehydes is 1. The number of ether oxygens (including phenoxy) is 1. The Kier molecular flexibility index (Phi) is 4.62. The van der Waals surface area contributed by atoms with Crippen LogP contribution in [0.5, 0.6) is 0 Å². The predicted octanol–water partition coefficient (Wildman–Crippen LogP) is 1.78. The van der Waals surface area contributed by atoms with Gasteiger partial charge in [0.25, 0.3) is 0 Å². The van der Waals surface area contributed by atoms with Gasteiger partial charge in [-0.2, -0.15) is 0 Å². The second-order valence-corrected chi connectivity index (χ2v) is 5.50. The molecule has 0 aliphatic heterocycles. The second-order valence-electron chi connectivity index (χ2n) is 4.52. The van der Waals surface area contributed by atoms with Crippen molar-refractivity contribution < 1.29 is 14.3 Å². The quantitative estimate of drug-likeness (QED) is 0.834. The van der Waals surface area contributed by atoms with Gasteiger partial charge in [0.15, 0.2) is 0 Å². The third-order valence-electron chi connectivity index (χ3n) is 1.74. The molecule has 0 radical (unpaired) electrons. The standard InChI is InChI=1S/C11H16N2O3S/c1-11(2,3)16-10(15)13-8(7-14)6-9-12-4-5-17-9/h4-5,7-8H,6H2,1-3H3,(H,13,15)/t8-/m1/s1. The average molecular weight is 256 g/mol. The van der Waals surface area contributed by atoms with Crippen LogP contribution < -0.4 is 5.32 Å². The molecule has 0 unspecified atom stereocenters. The molecule has 1 rings (SSSR count). The Bertz CT molecular complexity index is 371. The van der Waals surface area contributed by atoms with Crippen molar-refractivity contribution in [3.63, 3.8) is 0 Å². The summed E-state index contributed by atoms with van der Waals surface area (Å²) < 4.78 is 5.06. The Hall–Kier alpha value is -1.43. The summed E-state index contributed by atoms with van der Waals surface area (Å²) in [5.74, 6) is 0. The molecule has 0 saturated heterocycles. The van der Waals surface area contributed by atoms with Gasteiger partial charge >= 0.3 is 6.09 Å². The predicted molar refractivity (Wildman–Crippen MR) is 65.0 cm³/mol. The SMILES string of the molecule is CC(C)(C)OC(=O)N[C@@H](C=O)Cc1nccs1. The van der Waals surface area contributed by atoms with Gasteiger partial charge in [0.05, 0.1) is 11.0 Å². The van der Waals surface area contributed by atoms with Crippen LogP contribution in [0.2, 0.25) is 0 Å². The van der Waals surface area contributed by atoms with Crippen molar-refractivity contribution in [2.75, 3.05) is 0 Å². The summed E-state index contributed by atoms with van der Waals surface area (Å²) in [5.41, 5.74) is -0.571. The molecular weight excluding hydrogens is 240 g/mol. The normalized spacial score (nSPS) is 12.9. The van der Waals surface area contributed by atoms with E-state index in [2.05, 4.69) is 10.3 Å². The number of alkyl carbamates (subject to hydrolysis) is 1. The van der Waals surface area contributed by atoms with Crippen LogP contribution in [0.25, 0.3) is 0 Å². The van der Waals surface area contributed by atoms with E-state index in [1.54, 1.807) is 27.0 Å². The lowest BCUT2D eigenvalue weighted by Gasteiger charge is -2.21. The number of hydrogen-bond acceptors (Lipinski definition) is 5. The summed E-state index contributed by atoms with van der Waals surface area (Å²) in [6.45, 7) is 5.30. The first kappa shape index (κ1) is 13.6. The van der Waals surface area contributed by atoms with E-state index < -0.39 is 17.7 Å². The zero-order valence-corrected chi connectivity index (χ0v) is 10.9. The summed E-state index contributed by atoms with van der Waals surface area (Å²) in [4.78, 5) is 26.3. The molecule has 0 aliphatic carbocycles. The molecule has 0 aliphatic rings. The summed E-state index contributed by atoms with van der Waals surface area (Å²) in [5, 5.41) is 5.13. The summed E-state index contributed by atoms with van der Waals surface area (Å²) in [6.07, 6.45) is 2.15. The highest BCUT2D eigenvalue weighted by Crippen LogP contribution is 2.09. The number of nitrogens with one attached hydrogen (secondary N) is 1. The molecule has 5 nitrogen and oxygen atoms in total. The lowest BCUT2D eigenvalue weighted by molar-refractivity contribution is -0.109. The van der Waals surface area contributed by atoms with E-state index in [4.69, 9.17) is 4.74 Å². The Morgan fingerprint density at radius 3 is 2.82 bits per heavy atom. The van der Waals surface area contributed by atoms with Gasteiger partial charge in [0, 0.05) is 18.0 Å². The maximum absolute atomic E-state index is 11.4. The molecule has 6 heteroatoms. The number of aromatic nitrogens is 1. The van der Waals surface area contributed by atoms with Crippen LogP contribution in [0.3, 0.4) is 0 Å². The number of carbonyl (C=O) groups is 2. The van der Waals surface area contributed by atoms with Crippen LogP contribution in [0.4, 0.5) is 4.79 Å². The van der Waals surface area contributed by atoms with Crippen molar-refractivity contribution in [2.45, 2.75) is 38.8 Å². The van der Waals surface area contributed by atoms with Crippen LogP contribution in [-0.4, -0.2) is 29.0 Å². The monoisotopic (exact) mass is 256 g/mol. The molecule has 17 heavy (non-hydrogen) atoms. The molecule has 0 bridgehead atoms. The minimum absolute atomic E-state index is 0.389. The molecule has 94 valence electrons. The van der Waals surface area contributed by atoms with E-state index in [0.717, 1.165) is 5.01 Å². The van der Waals surface area contributed by atoms with E-state index >= 15 is 0 Å². The van der Waals surface area contributed by atoms with Crippen molar-refractivity contribution in [3.05, 3.63) is 16.6 Å². The number of amides is 1. The maximum Gasteiger partial charge on any atom is 0.408 e. The third-order valence-corrected chi connectivity index (χ3v) is 2.55. The largest absolute Gasteiger partial charge is 0.444 e. The Morgan fingerprint density at radius 1 is 1.65 bits per heavy atom. The zero-order valence-electron chi connectivity index (χ0n) is 10.1. The lowest BCUT2D eigenvalue weighted by atomic mass is 10.2. The Labute approximate surface area is 104 Å². The maximum atomic E-state index is 11.4. The van der Waals surface area contributed by atoms with Crippen molar-refractivity contribution in [2.24, 2.45) is 0 Å². The molecule has 0 aromatic carbocycles. The highest BCUT2D eigenvalue weighted by molar-refractivity contribution is 7.09. The van der Waals surface area contributed by atoms with Crippen molar-refractivity contribution in [1.82, 2.24) is 10.3 Å². The minimum atomic E-state index is -0.601. The van der Waals surface area contributed by atoms with Gasteiger partial charge in [-0.15, -0.1) is 11.3 Å². The molecule has 0 saturated carbocycles. The summed E-state index contributed by atoms with van der Waals surface area (Å²) in [7, 11) is 0. The molecule has 1 atom stereocenters. The minimum Gasteiger partial charge on any atom is -0.444 e. The van der Waals surface area contributed by atoms with E-state index in [1.165, 1.54) is 11.3 Å². The van der Waals surface area contributed by atoms with Crippen molar-refractivity contribution in [3.8, 4) is 0 Å². The molecule has 0 spiro atoms. The van der Waals surface area contributed by atoms with Gasteiger partial charge in [-0.3, -0.25) is 0 Å². The first-order valence-corrected chi connectivity index (χ1v) is 6.12. The molecule has 1 heterocycles. The Balaban J connectivity index is 2.47. The molecule has 1 amide bonds. The smallest absolute Gasteiger partial charge is 0.408 e. The molecular formula is C11H16N2O3S. The number of carbonyl (C=O) groups excluding carboxylic acids is 2. The molecule has 1 aromatic heterocycles. The number of hydrogen-bond donors (Lipinski definition) is 1. The van der Waals surface area contributed by atoms with Gasteiger partial charge in [-0.1, -0.05) is 0 Å². The zero-order chi connectivity index (χ0) is 12.9. The lowest BCUT2D eigenvalue weighted by Crippen LogP contribution is -2.41. The fourth-order valence-electron chi connectivity index (χ4n) is 1.13. The molecule has 1 N–H and O–H groups in total. The third kappa shape index (κ3) is 5.44. The average Bonchev–Trinajstić information content (AvgIpc) is 2.66. The van der Waals surface area contributed by atoms with Gasteiger partial charge in [-0.25, -0.2) is 9.78 Å². The van der Waals surface area contributed by atoms with E-state index in [0.29, 0.717) is 12.7 Å². The fourth-order valence-corrected chi connectivity index (χ4v) is 1.81. The number of thiazole rings is 1. The number of nitrogens with zero attached hydrogens (tertiary/aromatic N) is 1. The molecule has 0 fully saturated rings. The van der Waals surface area contributed by atoms with E-state index in [1.807, 2.05) is 5.38 Å². The topological polar surface area (TPSA) is 68.3 Å². The summed E-state index contributed by atoms with van der Waals surface area (Å²) in [6, 6.07) is -0.601. The molecule has 1 aromatic rings. The van der Waals surface area contributed by atoms with Crippen molar-refractivity contribution in [1.29, 1.82) is 0 Å². The van der Waals surface area contributed by atoms with Crippen LogP contribution in [0.1, 0.15) is 25.8 Å². The highest BCUT2D eigenvalue weighted by Gasteiger charge is 2.19. The van der Waals surface area contributed by atoms with Crippen LogP contribution in [-0.2, 0) is 16.0 Å². The van der Waals surface area contributed by atoms with Crippen LogP contribution >= 0.6 is 11.3 Å². The van der Waals surface area contributed by atoms with E-state index in [-0.39, 0.29) is 0 Å². The van der Waals surface area contributed by atoms with Crippen LogP contribution in [0.15, 0.2) is 11.6 Å². The van der Waals surface area contributed by atoms with Gasteiger partial charge in [0.1, 0.15) is 11.9 Å². The van der Waals surface area contributed by atoms with Crippen LogP contribution in [0, 0.1) is 0 Å². The van der Waals surface area contributed by atoms with Crippen molar-refractivity contribution >= 4 is 23.7 Å².